The van der Waals surface area contributed by atoms with E-state index in [1.54, 1.807) is 0 Å². The van der Waals surface area contributed by atoms with Crippen LogP contribution in [0.5, 0.6) is 0 Å². The summed E-state index contributed by atoms with van der Waals surface area (Å²) >= 11 is 0. The summed E-state index contributed by atoms with van der Waals surface area (Å²) in [5.74, 6) is 0.128. The monoisotopic (exact) mass is 268 g/mol. The van der Waals surface area contributed by atoms with Gasteiger partial charge in [-0.05, 0) is 30.5 Å². The zero-order chi connectivity index (χ0) is 12.1. The lowest BCUT2D eigenvalue weighted by Gasteiger charge is -2.11. The third-order valence-corrected chi connectivity index (χ3v) is 3.22. The summed E-state index contributed by atoms with van der Waals surface area (Å²) in [6.45, 7) is 4.05. The zero-order valence-corrected chi connectivity index (χ0v) is 11.6. The van der Waals surface area contributed by atoms with Gasteiger partial charge in [0.2, 0.25) is 5.91 Å². The number of carbonyl (C=O) groups is 1. The molecule has 1 heterocycles. The molecule has 0 aliphatic carbocycles. The van der Waals surface area contributed by atoms with Crippen LogP contribution in [0.15, 0.2) is 24.3 Å². The van der Waals surface area contributed by atoms with Gasteiger partial charge >= 0.3 is 0 Å². The van der Waals surface area contributed by atoms with Gasteiger partial charge in [-0.3, -0.25) is 4.79 Å². The number of aryl methyl sites for hydroxylation is 1. The summed E-state index contributed by atoms with van der Waals surface area (Å²) in [5, 5.41) is 6.30. The number of hydrogen-bond acceptors (Lipinski definition) is 2. The Morgan fingerprint density at radius 2 is 2.00 bits per heavy atom. The standard InChI is InChI=1S/C14H20N2O.ClH/c1-2-11-3-5-12(6-4-11)9-14(17)16-13-7-8-15-10-13;/h3-6,13,15H,2,7-10H2,1H3,(H,16,17);1H. The minimum absolute atomic E-state index is 0. The molecule has 1 saturated heterocycles. The molecular weight excluding hydrogens is 248 g/mol. The molecule has 100 valence electrons. The molecule has 0 bridgehead atoms. The Morgan fingerprint density at radius 1 is 1.33 bits per heavy atom. The highest BCUT2D eigenvalue weighted by molar-refractivity contribution is 5.85. The molecule has 1 aliphatic rings. The van der Waals surface area contributed by atoms with Gasteiger partial charge in [0.1, 0.15) is 0 Å². The van der Waals surface area contributed by atoms with Crippen LogP contribution in [-0.2, 0) is 17.6 Å². The molecule has 18 heavy (non-hydrogen) atoms. The molecule has 0 saturated carbocycles. The second-order valence-corrected chi connectivity index (χ2v) is 4.60. The highest BCUT2D eigenvalue weighted by Gasteiger charge is 2.16. The predicted octanol–water partition coefficient (Wildman–Crippen LogP) is 1.69. The van der Waals surface area contributed by atoms with Crippen molar-refractivity contribution in [2.75, 3.05) is 13.1 Å². The lowest BCUT2D eigenvalue weighted by Crippen LogP contribution is -2.37. The van der Waals surface area contributed by atoms with E-state index in [1.165, 1.54) is 5.56 Å². The van der Waals surface area contributed by atoms with Gasteiger partial charge in [-0.1, -0.05) is 31.2 Å². The summed E-state index contributed by atoms with van der Waals surface area (Å²) in [5.41, 5.74) is 2.40. The van der Waals surface area contributed by atoms with Gasteiger partial charge in [-0.25, -0.2) is 0 Å². The molecule has 1 aromatic carbocycles. The van der Waals surface area contributed by atoms with Crippen LogP contribution in [0.1, 0.15) is 24.5 Å². The largest absolute Gasteiger partial charge is 0.352 e. The average molecular weight is 269 g/mol. The molecule has 4 heteroatoms. The first kappa shape index (κ1) is 15.0. The summed E-state index contributed by atoms with van der Waals surface area (Å²) in [7, 11) is 0. The van der Waals surface area contributed by atoms with Crippen LogP contribution in [0.2, 0.25) is 0 Å². The fraction of sp³-hybridized carbons (Fsp3) is 0.500. The first-order valence-electron chi connectivity index (χ1n) is 6.36. The molecule has 1 atom stereocenters. The van der Waals surface area contributed by atoms with Crippen molar-refractivity contribution >= 4 is 18.3 Å². The third kappa shape index (κ3) is 4.31. The molecule has 0 aromatic heterocycles. The smallest absolute Gasteiger partial charge is 0.224 e. The number of carbonyl (C=O) groups excluding carboxylic acids is 1. The molecule has 1 aromatic rings. The number of rotatable bonds is 4. The van der Waals surface area contributed by atoms with Gasteiger partial charge in [0, 0.05) is 12.6 Å². The van der Waals surface area contributed by atoms with E-state index in [4.69, 9.17) is 0 Å². The second kappa shape index (κ2) is 7.39. The molecule has 2 N–H and O–H groups in total. The van der Waals surface area contributed by atoms with Crippen molar-refractivity contribution in [1.82, 2.24) is 10.6 Å². The maximum atomic E-state index is 11.8. The van der Waals surface area contributed by atoms with Gasteiger partial charge in [0.05, 0.1) is 6.42 Å². The normalized spacial score (nSPS) is 18.2. The minimum Gasteiger partial charge on any atom is -0.352 e. The van der Waals surface area contributed by atoms with E-state index in [2.05, 4.69) is 29.7 Å². The van der Waals surface area contributed by atoms with Crippen molar-refractivity contribution in [2.45, 2.75) is 32.2 Å². The first-order chi connectivity index (χ1) is 8.28. The molecule has 1 amide bonds. The number of nitrogens with one attached hydrogen (secondary N) is 2. The predicted molar refractivity (Wildman–Crippen MR) is 76.2 cm³/mol. The van der Waals surface area contributed by atoms with Gasteiger partial charge in [-0.15, -0.1) is 12.4 Å². The molecular formula is C14H21ClN2O. The maximum absolute atomic E-state index is 11.8. The average Bonchev–Trinajstić information content (AvgIpc) is 2.82. The number of halogens is 1. The van der Waals surface area contributed by atoms with E-state index in [0.29, 0.717) is 12.5 Å². The van der Waals surface area contributed by atoms with Crippen molar-refractivity contribution in [3.8, 4) is 0 Å². The molecule has 2 rings (SSSR count). The highest BCUT2D eigenvalue weighted by atomic mass is 35.5. The van der Waals surface area contributed by atoms with Crippen molar-refractivity contribution in [1.29, 1.82) is 0 Å². The van der Waals surface area contributed by atoms with Crippen LogP contribution in [-0.4, -0.2) is 25.0 Å². The Labute approximate surface area is 115 Å². The summed E-state index contributed by atoms with van der Waals surface area (Å²) in [6, 6.07) is 8.60. The van der Waals surface area contributed by atoms with Crippen molar-refractivity contribution < 1.29 is 4.79 Å². The topological polar surface area (TPSA) is 41.1 Å². The van der Waals surface area contributed by atoms with E-state index >= 15 is 0 Å². The van der Waals surface area contributed by atoms with Crippen molar-refractivity contribution in [2.24, 2.45) is 0 Å². The summed E-state index contributed by atoms with van der Waals surface area (Å²) in [4.78, 5) is 11.8. The highest BCUT2D eigenvalue weighted by Crippen LogP contribution is 2.06. The summed E-state index contributed by atoms with van der Waals surface area (Å²) < 4.78 is 0. The molecule has 1 aliphatic heterocycles. The van der Waals surface area contributed by atoms with E-state index in [1.807, 2.05) is 12.1 Å². The van der Waals surface area contributed by atoms with Crippen LogP contribution in [0.3, 0.4) is 0 Å². The Hall–Kier alpha value is -1.06. The Kier molecular flexibility index (Phi) is 6.16. The van der Waals surface area contributed by atoms with E-state index in [-0.39, 0.29) is 18.3 Å². The van der Waals surface area contributed by atoms with E-state index < -0.39 is 0 Å². The van der Waals surface area contributed by atoms with Crippen LogP contribution in [0.25, 0.3) is 0 Å². The lowest BCUT2D eigenvalue weighted by molar-refractivity contribution is -0.121. The van der Waals surface area contributed by atoms with E-state index in [0.717, 1.165) is 31.5 Å². The quantitative estimate of drug-likeness (QED) is 0.873. The Bertz CT molecular complexity index is 372. The lowest BCUT2D eigenvalue weighted by atomic mass is 10.1. The first-order valence-corrected chi connectivity index (χ1v) is 6.36. The zero-order valence-electron chi connectivity index (χ0n) is 10.7. The van der Waals surface area contributed by atoms with Gasteiger partial charge in [0.25, 0.3) is 0 Å². The summed E-state index contributed by atoms with van der Waals surface area (Å²) in [6.07, 6.45) is 2.57. The van der Waals surface area contributed by atoms with Crippen LogP contribution < -0.4 is 10.6 Å². The SMILES string of the molecule is CCc1ccc(CC(=O)NC2CCNC2)cc1.Cl. The van der Waals surface area contributed by atoms with Crippen molar-refractivity contribution in [3.63, 3.8) is 0 Å². The Balaban J connectivity index is 0.00000162. The number of hydrogen-bond donors (Lipinski definition) is 2. The number of amides is 1. The minimum atomic E-state index is 0. The molecule has 0 radical (unpaired) electrons. The fourth-order valence-electron chi connectivity index (χ4n) is 2.13. The molecule has 1 unspecified atom stereocenters. The fourth-order valence-corrected chi connectivity index (χ4v) is 2.13. The van der Waals surface area contributed by atoms with Crippen LogP contribution in [0, 0.1) is 0 Å². The maximum Gasteiger partial charge on any atom is 0.224 e. The van der Waals surface area contributed by atoms with Gasteiger partial charge in [0.15, 0.2) is 0 Å². The van der Waals surface area contributed by atoms with Crippen LogP contribution >= 0.6 is 12.4 Å². The molecule has 3 nitrogen and oxygen atoms in total. The second-order valence-electron chi connectivity index (χ2n) is 4.60. The van der Waals surface area contributed by atoms with Crippen LogP contribution in [0.4, 0.5) is 0 Å². The molecule has 0 spiro atoms. The molecule has 1 fully saturated rings. The van der Waals surface area contributed by atoms with Crippen molar-refractivity contribution in [3.05, 3.63) is 35.4 Å². The Morgan fingerprint density at radius 3 is 2.56 bits per heavy atom. The van der Waals surface area contributed by atoms with Gasteiger partial charge < -0.3 is 10.6 Å². The van der Waals surface area contributed by atoms with Gasteiger partial charge in [-0.2, -0.15) is 0 Å². The third-order valence-electron chi connectivity index (χ3n) is 3.22. The van der Waals surface area contributed by atoms with E-state index in [9.17, 15) is 4.79 Å². The number of benzene rings is 1.